The highest BCUT2D eigenvalue weighted by molar-refractivity contribution is 8.27. The second kappa shape index (κ2) is 10.2. The first-order chi connectivity index (χ1) is 15.6. The molecule has 1 aliphatic heterocycles. The lowest BCUT2D eigenvalue weighted by atomic mass is 10.0. The summed E-state index contributed by atoms with van der Waals surface area (Å²) in [5.41, 5.74) is 1.96. The number of hydrogen-bond donors (Lipinski definition) is 1. The highest BCUT2D eigenvalue weighted by Gasteiger charge is 2.37. The number of rotatable bonds is 7. The van der Waals surface area contributed by atoms with Crippen molar-refractivity contribution in [3.63, 3.8) is 0 Å². The van der Waals surface area contributed by atoms with Gasteiger partial charge in [0.15, 0.2) is 4.32 Å². The molecule has 1 N–H and O–H groups in total. The fourth-order valence-electron chi connectivity index (χ4n) is 3.21. The molecule has 0 bridgehead atoms. The van der Waals surface area contributed by atoms with Gasteiger partial charge in [0.2, 0.25) is 5.13 Å². The first-order valence-corrected chi connectivity index (χ1v) is 12.1. The van der Waals surface area contributed by atoms with E-state index < -0.39 is 0 Å². The number of carbonyl (C=O) groups excluding carboxylic acids is 2. The average Bonchev–Trinajstić information content (AvgIpc) is 3.36. The Morgan fingerprint density at radius 2 is 1.75 bits per heavy atom. The van der Waals surface area contributed by atoms with E-state index in [-0.39, 0.29) is 11.8 Å². The SMILES string of the molecule is CCCc1nnc(NC(=O)/C(Cc2ccccc2)=C2/SC(=S)N(c3ccccc3)C2=O)s1. The Bertz CT molecular complexity index is 1180. The van der Waals surface area contributed by atoms with Crippen LogP contribution in [0.2, 0.25) is 0 Å². The number of thiocarbonyl (C=S) groups is 1. The minimum absolute atomic E-state index is 0.295. The van der Waals surface area contributed by atoms with Crippen molar-refractivity contribution < 1.29 is 9.59 Å². The Labute approximate surface area is 199 Å². The molecule has 4 rings (SSSR count). The number of carbonyl (C=O) groups is 2. The number of aryl methyl sites for hydroxylation is 1. The summed E-state index contributed by atoms with van der Waals surface area (Å²) < 4.78 is 0.399. The van der Waals surface area contributed by atoms with Crippen molar-refractivity contribution in [2.75, 3.05) is 10.2 Å². The Morgan fingerprint density at radius 1 is 1.06 bits per heavy atom. The van der Waals surface area contributed by atoms with Gasteiger partial charge in [-0.25, -0.2) is 0 Å². The van der Waals surface area contributed by atoms with Crippen LogP contribution in [0.1, 0.15) is 23.9 Å². The Morgan fingerprint density at radius 3 is 2.44 bits per heavy atom. The molecular formula is C23H20N4O2S3. The van der Waals surface area contributed by atoms with Gasteiger partial charge in [-0.15, -0.1) is 10.2 Å². The van der Waals surface area contributed by atoms with Crippen LogP contribution in [0.3, 0.4) is 0 Å². The third-order valence-electron chi connectivity index (χ3n) is 4.71. The molecule has 0 atom stereocenters. The molecule has 1 saturated heterocycles. The fraction of sp³-hybridized carbons (Fsp3) is 0.174. The highest BCUT2D eigenvalue weighted by Crippen LogP contribution is 2.37. The number of nitrogens with zero attached hydrogens (tertiary/aromatic N) is 3. The van der Waals surface area contributed by atoms with Gasteiger partial charge in [0.05, 0.1) is 10.6 Å². The van der Waals surface area contributed by atoms with Crippen LogP contribution in [-0.4, -0.2) is 26.3 Å². The van der Waals surface area contributed by atoms with Gasteiger partial charge in [-0.2, -0.15) is 0 Å². The number of thioether (sulfide) groups is 1. The molecule has 0 spiro atoms. The molecule has 3 aromatic rings. The van der Waals surface area contributed by atoms with Gasteiger partial charge >= 0.3 is 0 Å². The predicted molar refractivity (Wildman–Crippen MR) is 134 cm³/mol. The van der Waals surface area contributed by atoms with Crippen LogP contribution in [0.15, 0.2) is 71.1 Å². The van der Waals surface area contributed by atoms with Gasteiger partial charge in [0.1, 0.15) is 5.01 Å². The number of nitrogens with one attached hydrogen (secondary N) is 1. The lowest BCUT2D eigenvalue weighted by molar-refractivity contribution is -0.115. The standard InChI is InChI=1S/C23H20N4O2S3/c1-2-9-18-25-26-22(31-18)24-20(28)17(14-15-10-5-3-6-11-15)19-21(29)27(23(30)32-19)16-12-7-4-8-13-16/h3-8,10-13H,2,9,14H2,1H3,(H,24,26,28)/b19-17+. The molecule has 0 unspecified atom stereocenters. The molecule has 32 heavy (non-hydrogen) atoms. The lowest BCUT2D eigenvalue weighted by Gasteiger charge is -2.14. The molecule has 1 aliphatic rings. The minimum atomic E-state index is -0.374. The third-order valence-corrected chi connectivity index (χ3v) is 7.02. The van der Waals surface area contributed by atoms with E-state index in [1.165, 1.54) is 16.2 Å². The summed E-state index contributed by atoms with van der Waals surface area (Å²) in [5.74, 6) is -0.669. The highest BCUT2D eigenvalue weighted by atomic mass is 32.2. The average molecular weight is 481 g/mol. The van der Waals surface area contributed by atoms with E-state index in [9.17, 15) is 9.59 Å². The molecule has 2 aromatic carbocycles. The molecule has 2 heterocycles. The number of para-hydroxylation sites is 1. The minimum Gasteiger partial charge on any atom is -0.297 e. The molecular weight excluding hydrogens is 460 g/mol. The van der Waals surface area contributed by atoms with Crippen LogP contribution in [0.5, 0.6) is 0 Å². The summed E-state index contributed by atoms with van der Waals surface area (Å²) in [5, 5.41) is 12.3. The molecule has 2 amide bonds. The number of anilines is 2. The van der Waals surface area contributed by atoms with Crippen molar-refractivity contribution in [3.05, 3.63) is 81.7 Å². The van der Waals surface area contributed by atoms with Crippen LogP contribution in [0, 0.1) is 0 Å². The largest absolute Gasteiger partial charge is 0.297 e. The van der Waals surface area contributed by atoms with Crippen molar-refractivity contribution in [3.8, 4) is 0 Å². The summed E-state index contributed by atoms with van der Waals surface area (Å²) in [4.78, 5) is 28.5. The third kappa shape index (κ3) is 4.95. The first-order valence-electron chi connectivity index (χ1n) is 10.1. The van der Waals surface area contributed by atoms with Crippen molar-refractivity contribution in [2.45, 2.75) is 26.2 Å². The molecule has 9 heteroatoms. The van der Waals surface area contributed by atoms with Gasteiger partial charge in [-0.1, -0.05) is 90.8 Å². The summed E-state index contributed by atoms with van der Waals surface area (Å²) in [6, 6.07) is 18.8. The van der Waals surface area contributed by atoms with Crippen molar-refractivity contribution in [2.24, 2.45) is 0 Å². The van der Waals surface area contributed by atoms with Crippen LogP contribution in [0.4, 0.5) is 10.8 Å². The Balaban J connectivity index is 1.68. The maximum atomic E-state index is 13.3. The molecule has 1 fully saturated rings. The maximum Gasteiger partial charge on any atom is 0.271 e. The smallest absolute Gasteiger partial charge is 0.271 e. The van der Waals surface area contributed by atoms with E-state index in [2.05, 4.69) is 22.4 Å². The maximum absolute atomic E-state index is 13.3. The van der Waals surface area contributed by atoms with Gasteiger partial charge in [-0.3, -0.25) is 19.8 Å². The molecule has 0 saturated carbocycles. The lowest BCUT2D eigenvalue weighted by Crippen LogP contribution is -2.28. The summed E-state index contributed by atoms with van der Waals surface area (Å²) in [6.07, 6.45) is 2.05. The fourth-order valence-corrected chi connectivity index (χ4v) is 5.40. The van der Waals surface area contributed by atoms with E-state index in [0.717, 1.165) is 35.2 Å². The monoisotopic (exact) mass is 480 g/mol. The number of amides is 2. The van der Waals surface area contributed by atoms with Crippen molar-refractivity contribution >= 4 is 62.3 Å². The summed E-state index contributed by atoms with van der Waals surface area (Å²) >= 11 is 7.99. The normalized spacial score (nSPS) is 15.2. The topological polar surface area (TPSA) is 75.2 Å². The van der Waals surface area contributed by atoms with Crippen LogP contribution >= 0.6 is 35.3 Å². The number of hydrogen-bond acceptors (Lipinski definition) is 7. The Hall–Kier alpha value is -2.88. The van der Waals surface area contributed by atoms with Gasteiger partial charge in [-0.05, 0) is 24.1 Å². The molecule has 0 radical (unpaired) electrons. The van der Waals surface area contributed by atoms with Crippen molar-refractivity contribution in [1.29, 1.82) is 0 Å². The zero-order valence-corrected chi connectivity index (χ0v) is 19.7. The number of benzene rings is 2. The Kier molecular flexibility index (Phi) is 7.09. The second-order valence-corrected chi connectivity index (χ2v) is 9.73. The van der Waals surface area contributed by atoms with E-state index in [1.807, 2.05) is 60.7 Å². The predicted octanol–water partition coefficient (Wildman–Crippen LogP) is 4.99. The first kappa shape index (κ1) is 22.3. The van der Waals surface area contributed by atoms with E-state index in [1.54, 1.807) is 0 Å². The van der Waals surface area contributed by atoms with Crippen molar-refractivity contribution in [1.82, 2.24) is 10.2 Å². The van der Waals surface area contributed by atoms with Gasteiger partial charge in [0.25, 0.3) is 11.8 Å². The molecule has 6 nitrogen and oxygen atoms in total. The van der Waals surface area contributed by atoms with Gasteiger partial charge < -0.3 is 0 Å². The molecule has 162 valence electrons. The van der Waals surface area contributed by atoms with Crippen LogP contribution in [0.25, 0.3) is 0 Å². The molecule has 1 aromatic heterocycles. The van der Waals surface area contributed by atoms with E-state index in [4.69, 9.17) is 12.2 Å². The second-order valence-electron chi connectivity index (χ2n) is 7.02. The van der Waals surface area contributed by atoms with Crippen LogP contribution in [-0.2, 0) is 22.4 Å². The zero-order valence-electron chi connectivity index (χ0n) is 17.3. The van der Waals surface area contributed by atoms with E-state index >= 15 is 0 Å². The van der Waals surface area contributed by atoms with Gasteiger partial charge in [0, 0.05) is 18.4 Å². The van der Waals surface area contributed by atoms with E-state index in [0.29, 0.717) is 32.0 Å². The summed E-state index contributed by atoms with van der Waals surface area (Å²) in [6.45, 7) is 2.06. The van der Waals surface area contributed by atoms with Crippen LogP contribution < -0.4 is 10.2 Å². The quantitative estimate of drug-likeness (QED) is 0.379. The summed E-state index contributed by atoms with van der Waals surface area (Å²) in [7, 11) is 0. The molecule has 0 aliphatic carbocycles. The zero-order chi connectivity index (χ0) is 22.5. The number of aromatic nitrogens is 2.